The standard InChI is InChI=1S/C21H10Br2Cl6N4O/c22-13-5-1-11(2-6-13)15-9-17(20(24,25)26)32(30-15)19(34)33-18(21(27,28)29)10-16(31-33)12-3-7-14(23)8-4-12/h1-10H. The van der Waals surface area contributed by atoms with Crippen LogP contribution in [0, 0.1) is 0 Å². The molecule has 5 nitrogen and oxygen atoms in total. The molecule has 0 saturated heterocycles. The van der Waals surface area contributed by atoms with Crippen molar-refractivity contribution in [2.45, 2.75) is 7.59 Å². The zero-order chi connectivity index (χ0) is 24.8. The third kappa shape index (κ3) is 5.62. The van der Waals surface area contributed by atoms with Crippen molar-refractivity contribution in [3.8, 4) is 22.5 Å². The maximum atomic E-state index is 13.6. The summed E-state index contributed by atoms with van der Waals surface area (Å²) in [6.07, 6.45) is 0. The molecular formula is C21H10Br2Cl6N4O. The normalized spacial score (nSPS) is 12.2. The second-order valence-electron chi connectivity index (χ2n) is 6.95. The molecule has 13 heteroatoms. The number of carbonyl (C=O) groups is 1. The lowest BCUT2D eigenvalue weighted by Crippen LogP contribution is -2.29. The lowest BCUT2D eigenvalue weighted by Gasteiger charge is -2.15. The van der Waals surface area contributed by atoms with Crippen LogP contribution in [0.5, 0.6) is 0 Å². The van der Waals surface area contributed by atoms with Crippen molar-refractivity contribution in [3.63, 3.8) is 0 Å². The summed E-state index contributed by atoms with van der Waals surface area (Å²) in [6.45, 7) is 0. The third-order valence-electron chi connectivity index (χ3n) is 4.64. The van der Waals surface area contributed by atoms with Gasteiger partial charge < -0.3 is 0 Å². The molecule has 2 heterocycles. The van der Waals surface area contributed by atoms with Crippen molar-refractivity contribution >= 4 is 107 Å². The SMILES string of the molecule is O=C(n1nc(-c2ccc(Br)cc2)cc1C(Cl)(Cl)Cl)n1nc(-c2ccc(Br)cc2)cc1C(Cl)(Cl)Cl. The van der Waals surface area contributed by atoms with E-state index in [1.54, 1.807) is 24.3 Å². The number of aromatic nitrogens is 4. The maximum absolute atomic E-state index is 13.6. The van der Waals surface area contributed by atoms with Gasteiger partial charge in [0.1, 0.15) is 11.4 Å². The summed E-state index contributed by atoms with van der Waals surface area (Å²) >= 11 is 43.8. The minimum Gasteiger partial charge on any atom is -0.244 e. The van der Waals surface area contributed by atoms with Crippen LogP contribution in [0.25, 0.3) is 22.5 Å². The molecule has 4 aromatic rings. The quantitative estimate of drug-likeness (QED) is 0.196. The Morgan fingerprint density at radius 3 is 1.26 bits per heavy atom. The minimum absolute atomic E-state index is 0.00335. The largest absolute Gasteiger partial charge is 0.370 e. The Bertz CT molecular complexity index is 1250. The van der Waals surface area contributed by atoms with Crippen molar-refractivity contribution in [1.82, 2.24) is 19.6 Å². The molecule has 0 N–H and O–H groups in total. The van der Waals surface area contributed by atoms with Crippen LogP contribution < -0.4 is 0 Å². The fourth-order valence-electron chi connectivity index (χ4n) is 3.07. The topological polar surface area (TPSA) is 52.7 Å². The Morgan fingerprint density at radius 1 is 0.647 bits per heavy atom. The molecule has 0 amide bonds. The first-order chi connectivity index (χ1) is 15.8. The first kappa shape index (κ1) is 26.3. The van der Waals surface area contributed by atoms with Gasteiger partial charge in [0.15, 0.2) is 0 Å². The average molecular weight is 707 g/mol. The van der Waals surface area contributed by atoms with Gasteiger partial charge in [0.2, 0.25) is 7.59 Å². The van der Waals surface area contributed by atoms with E-state index in [1.807, 2.05) is 24.3 Å². The van der Waals surface area contributed by atoms with Gasteiger partial charge in [0, 0.05) is 20.1 Å². The Balaban J connectivity index is 1.86. The highest BCUT2D eigenvalue weighted by atomic mass is 79.9. The number of hydrogen-bond donors (Lipinski definition) is 0. The molecule has 0 aliphatic rings. The zero-order valence-corrected chi connectivity index (χ0v) is 24.2. The molecule has 4 rings (SSSR count). The van der Waals surface area contributed by atoms with E-state index in [-0.39, 0.29) is 11.4 Å². The van der Waals surface area contributed by atoms with Crippen LogP contribution in [0.15, 0.2) is 69.6 Å². The van der Waals surface area contributed by atoms with E-state index in [0.717, 1.165) is 18.3 Å². The summed E-state index contributed by atoms with van der Waals surface area (Å²) in [7, 11) is 0. The minimum atomic E-state index is -1.97. The second kappa shape index (κ2) is 9.94. The predicted octanol–water partition coefficient (Wildman–Crippen LogP) is 9.11. The molecule has 0 saturated carbocycles. The van der Waals surface area contributed by atoms with E-state index in [2.05, 4.69) is 42.1 Å². The fraction of sp³-hybridized carbons (Fsp3) is 0.0952. The van der Waals surface area contributed by atoms with Gasteiger partial charge in [0.05, 0.1) is 11.4 Å². The summed E-state index contributed by atoms with van der Waals surface area (Å²) in [5.41, 5.74) is 2.19. The molecule has 0 radical (unpaired) electrons. The van der Waals surface area contributed by atoms with Crippen LogP contribution in [0.2, 0.25) is 0 Å². The van der Waals surface area contributed by atoms with Gasteiger partial charge in [-0.15, -0.1) is 0 Å². The summed E-state index contributed by atoms with van der Waals surface area (Å²) in [5.74, 6) is 0. The van der Waals surface area contributed by atoms with Crippen LogP contribution in [-0.4, -0.2) is 25.6 Å². The van der Waals surface area contributed by atoms with Gasteiger partial charge in [-0.1, -0.05) is 126 Å². The highest BCUT2D eigenvalue weighted by Crippen LogP contribution is 2.42. The first-order valence-electron chi connectivity index (χ1n) is 9.26. The number of alkyl halides is 6. The number of halogens is 8. The van der Waals surface area contributed by atoms with E-state index >= 15 is 0 Å². The smallest absolute Gasteiger partial charge is 0.244 e. The lowest BCUT2D eigenvalue weighted by molar-refractivity contribution is 0.237. The van der Waals surface area contributed by atoms with Gasteiger partial charge in [-0.05, 0) is 36.4 Å². The summed E-state index contributed by atoms with van der Waals surface area (Å²) in [5, 5.41) is 8.74. The molecule has 2 aromatic heterocycles. The van der Waals surface area contributed by atoms with Gasteiger partial charge in [-0.25, -0.2) is 4.79 Å². The lowest BCUT2D eigenvalue weighted by atomic mass is 10.1. The van der Waals surface area contributed by atoms with E-state index in [4.69, 9.17) is 69.6 Å². The van der Waals surface area contributed by atoms with Gasteiger partial charge in [0.25, 0.3) is 0 Å². The Kier molecular flexibility index (Phi) is 7.69. The van der Waals surface area contributed by atoms with E-state index in [9.17, 15) is 4.79 Å². The number of benzene rings is 2. The molecule has 0 spiro atoms. The van der Waals surface area contributed by atoms with Crippen LogP contribution in [0.4, 0.5) is 4.79 Å². The van der Waals surface area contributed by atoms with Crippen LogP contribution in [0.3, 0.4) is 0 Å². The van der Waals surface area contributed by atoms with Crippen LogP contribution >= 0.6 is 101 Å². The molecule has 0 aliphatic heterocycles. The number of hydrogen-bond acceptors (Lipinski definition) is 3. The molecule has 0 aliphatic carbocycles. The second-order valence-corrected chi connectivity index (χ2v) is 13.3. The predicted molar refractivity (Wildman–Crippen MR) is 145 cm³/mol. The monoisotopic (exact) mass is 702 g/mol. The number of rotatable bonds is 2. The fourth-order valence-corrected chi connectivity index (χ4v) is 4.41. The highest BCUT2D eigenvalue weighted by Gasteiger charge is 2.36. The molecule has 0 unspecified atom stereocenters. The van der Waals surface area contributed by atoms with Crippen molar-refractivity contribution in [2.24, 2.45) is 0 Å². The molecule has 176 valence electrons. The Hall–Kier alpha value is -0.770. The van der Waals surface area contributed by atoms with Crippen molar-refractivity contribution < 1.29 is 4.79 Å². The molecule has 2 aromatic carbocycles. The van der Waals surface area contributed by atoms with E-state index < -0.39 is 13.6 Å². The molecule has 0 bridgehead atoms. The first-order valence-corrected chi connectivity index (χ1v) is 13.1. The molecular weight excluding hydrogens is 697 g/mol. The van der Waals surface area contributed by atoms with Gasteiger partial charge >= 0.3 is 6.03 Å². The maximum Gasteiger partial charge on any atom is 0.370 e. The summed E-state index contributed by atoms with van der Waals surface area (Å²) in [6, 6.07) is 16.7. The number of carbonyl (C=O) groups excluding carboxylic acids is 1. The van der Waals surface area contributed by atoms with Crippen LogP contribution in [0.1, 0.15) is 11.4 Å². The van der Waals surface area contributed by atoms with Crippen molar-refractivity contribution in [1.29, 1.82) is 0 Å². The third-order valence-corrected chi connectivity index (χ3v) is 6.86. The number of nitrogens with zero attached hydrogens (tertiary/aromatic N) is 4. The van der Waals surface area contributed by atoms with E-state index in [0.29, 0.717) is 22.5 Å². The summed E-state index contributed by atoms with van der Waals surface area (Å²) in [4.78, 5) is 13.6. The molecule has 0 fully saturated rings. The van der Waals surface area contributed by atoms with Crippen molar-refractivity contribution in [2.75, 3.05) is 0 Å². The average Bonchev–Trinajstić information content (AvgIpc) is 3.40. The van der Waals surface area contributed by atoms with Crippen molar-refractivity contribution in [3.05, 3.63) is 81.0 Å². The molecule has 0 atom stereocenters. The zero-order valence-electron chi connectivity index (χ0n) is 16.5. The van der Waals surface area contributed by atoms with Gasteiger partial charge in [-0.2, -0.15) is 19.6 Å². The highest BCUT2D eigenvalue weighted by molar-refractivity contribution is 9.10. The Morgan fingerprint density at radius 2 is 0.971 bits per heavy atom. The van der Waals surface area contributed by atoms with E-state index in [1.165, 1.54) is 12.1 Å². The summed E-state index contributed by atoms with van der Waals surface area (Å²) < 4.78 is -0.336. The van der Waals surface area contributed by atoms with Crippen LogP contribution in [-0.2, 0) is 7.59 Å². The molecule has 34 heavy (non-hydrogen) atoms. The van der Waals surface area contributed by atoms with Gasteiger partial charge in [-0.3, -0.25) is 0 Å². The Labute approximate surface area is 241 Å².